The quantitative estimate of drug-likeness (QED) is 0.619. The molecule has 0 radical (unpaired) electrons. The molecule has 1 heteroatoms. The van der Waals surface area contributed by atoms with E-state index in [4.69, 9.17) is 0 Å². The molecule has 106 valence electrons. The normalized spacial score (nSPS) is 16.5. The van der Waals surface area contributed by atoms with Crippen LogP contribution in [0.1, 0.15) is 37.5 Å². The van der Waals surface area contributed by atoms with Gasteiger partial charge in [-0.3, -0.25) is 0 Å². The van der Waals surface area contributed by atoms with E-state index in [0.29, 0.717) is 15.0 Å². The van der Waals surface area contributed by atoms with Crippen LogP contribution >= 0.6 is 0 Å². The third-order valence-electron chi connectivity index (χ3n) is 3.57. The van der Waals surface area contributed by atoms with Gasteiger partial charge < -0.3 is 0 Å². The third kappa shape index (κ3) is 3.20. The monoisotopic (exact) mass is 340 g/mol. The van der Waals surface area contributed by atoms with Crippen molar-refractivity contribution in [1.82, 2.24) is 0 Å². The number of hydrogen-bond donors (Lipinski definition) is 0. The molecule has 0 fully saturated rings. The Balaban J connectivity index is 2.10. The molecule has 0 aliphatic carbocycles. The molecule has 21 heavy (non-hydrogen) atoms. The van der Waals surface area contributed by atoms with Gasteiger partial charge in [-0.05, 0) is 0 Å². The predicted octanol–water partition coefficient (Wildman–Crippen LogP) is 5.29. The van der Waals surface area contributed by atoms with E-state index in [1.165, 1.54) is 21.2 Å². The van der Waals surface area contributed by atoms with Gasteiger partial charge in [-0.1, -0.05) is 0 Å². The molecule has 1 aliphatic heterocycles. The van der Waals surface area contributed by atoms with Crippen molar-refractivity contribution < 1.29 is 0 Å². The Kier molecular flexibility index (Phi) is 3.89. The van der Waals surface area contributed by atoms with Crippen LogP contribution in [0.2, 0.25) is 0 Å². The van der Waals surface area contributed by atoms with Crippen LogP contribution in [0, 0.1) is 5.41 Å². The Bertz CT molecular complexity index is 700. The summed E-state index contributed by atoms with van der Waals surface area (Å²) in [5.74, 6) is 0. The van der Waals surface area contributed by atoms with Gasteiger partial charge in [0, 0.05) is 0 Å². The zero-order chi connectivity index (χ0) is 14.9. The first-order valence-electron chi connectivity index (χ1n) is 7.30. The molecule has 1 heterocycles. The van der Waals surface area contributed by atoms with Crippen molar-refractivity contribution in [3.8, 4) is 0 Å². The van der Waals surface area contributed by atoms with Gasteiger partial charge >= 0.3 is 134 Å². The SMILES string of the molecule is CC(C)(C)C1=Cc2ccccc2/C(=C/c2ccccc2)[Se]1. The number of benzene rings is 2. The van der Waals surface area contributed by atoms with Crippen molar-refractivity contribution >= 4 is 31.6 Å². The molecule has 2 aromatic carbocycles. The fourth-order valence-corrected chi connectivity index (χ4v) is 4.93. The van der Waals surface area contributed by atoms with E-state index in [9.17, 15) is 0 Å². The van der Waals surface area contributed by atoms with Gasteiger partial charge in [0.05, 0.1) is 0 Å². The standard InChI is InChI=1S/C20H20Se/c1-20(2,3)19-14-16-11-7-8-12-17(16)18(21-19)13-15-9-5-4-6-10-15/h4-14H,1-3H3/b18-13-. The van der Waals surface area contributed by atoms with Crippen molar-refractivity contribution in [2.45, 2.75) is 20.8 Å². The Morgan fingerprint density at radius 1 is 0.857 bits per heavy atom. The van der Waals surface area contributed by atoms with Crippen molar-refractivity contribution in [2.75, 3.05) is 0 Å². The Morgan fingerprint density at radius 2 is 1.52 bits per heavy atom. The molecule has 0 saturated heterocycles. The molecule has 3 rings (SSSR count). The van der Waals surface area contributed by atoms with Gasteiger partial charge in [-0.2, -0.15) is 0 Å². The van der Waals surface area contributed by atoms with E-state index in [-0.39, 0.29) is 5.41 Å². The molecule has 0 N–H and O–H groups in total. The molecule has 0 amide bonds. The molecular weight excluding hydrogens is 319 g/mol. The van der Waals surface area contributed by atoms with E-state index in [0.717, 1.165) is 0 Å². The summed E-state index contributed by atoms with van der Waals surface area (Å²) in [6.45, 7) is 6.94. The van der Waals surface area contributed by atoms with Gasteiger partial charge in [0.2, 0.25) is 0 Å². The zero-order valence-corrected chi connectivity index (χ0v) is 14.5. The van der Waals surface area contributed by atoms with Gasteiger partial charge in [0.25, 0.3) is 0 Å². The zero-order valence-electron chi connectivity index (χ0n) is 12.8. The van der Waals surface area contributed by atoms with Crippen molar-refractivity contribution in [1.29, 1.82) is 0 Å². The van der Waals surface area contributed by atoms with Crippen molar-refractivity contribution in [3.05, 3.63) is 75.8 Å². The van der Waals surface area contributed by atoms with E-state index < -0.39 is 0 Å². The molecule has 1 aliphatic rings. The predicted molar refractivity (Wildman–Crippen MR) is 93.9 cm³/mol. The topological polar surface area (TPSA) is 0 Å². The van der Waals surface area contributed by atoms with Crippen LogP contribution in [-0.2, 0) is 0 Å². The Morgan fingerprint density at radius 3 is 2.24 bits per heavy atom. The van der Waals surface area contributed by atoms with Crippen LogP contribution in [0.3, 0.4) is 0 Å². The molecule has 0 nitrogen and oxygen atoms in total. The Labute approximate surface area is 133 Å². The van der Waals surface area contributed by atoms with Crippen molar-refractivity contribution in [2.24, 2.45) is 5.41 Å². The molecule has 0 bridgehead atoms. The second-order valence-electron chi connectivity index (χ2n) is 6.37. The first-order chi connectivity index (χ1) is 10.0. The summed E-state index contributed by atoms with van der Waals surface area (Å²) >= 11 is 0.391. The van der Waals surface area contributed by atoms with Gasteiger partial charge in [0.15, 0.2) is 0 Å². The molecule has 0 aromatic heterocycles. The molecule has 2 aromatic rings. The maximum atomic E-state index is 2.40. The van der Waals surface area contributed by atoms with Crippen LogP contribution in [-0.4, -0.2) is 15.0 Å². The average Bonchev–Trinajstić information content (AvgIpc) is 2.47. The number of allylic oxidation sites excluding steroid dienone is 1. The first-order valence-corrected chi connectivity index (χ1v) is 9.01. The summed E-state index contributed by atoms with van der Waals surface area (Å²) in [5, 5.41) is 0. The molecule has 0 atom stereocenters. The summed E-state index contributed by atoms with van der Waals surface area (Å²) in [5.41, 5.74) is 4.29. The summed E-state index contributed by atoms with van der Waals surface area (Å²) in [6, 6.07) is 19.4. The van der Waals surface area contributed by atoms with E-state index >= 15 is 0 Å². The van der Waals surface area contributed by atoms with Gasteiger partial charge in [-0.15, -0.1) is 0 Å². The Hall–Kier alpha value is -1.56. The number of fused-ring (bicyclic) bond motifs is 1. The molecule has 0 saturated carbocycles. The summed E-state index contributed by atoms with van der Waals surface area (Å²) in [6.07, 6.45) is 4.76. The summed E-state index contributed by atoms with van der Waals surface area (Å²) < 4.78 is 3.05. The van der Waals surface area contributed by atoms with Crippen LogP contribution in [0.15, 0.2) is 59.1 Å². The van der Waals surface area contributed by atoms with E-state index in [1.807, 2.05) is 0 Å². The third-order valence-corrected chi connectivity index (χ3v) is 6.73. The van der Waals surface area contributed by atoms with E-state index in [1.54, 1.807) is 4.47 Å². The summed E-state index contributed by atoms with van der Waals surface area (Å²) in [7, 11) is 0. The first kappa shape index (κ1) is 14.4. The number of rotatable bonds is 1. The fraction of sp³-hybridized carbons (Fsp3) is 0.200. The van der Waals surface area contributed by atoms with Crippen LogP contribution in [0.5, 0.6) is 0 Å². The summed E-state index contributed by atoms with van der Waals surface area (Å²) in [4.78, 5) is 0. The van der Waals surface area contributed by atoms with Crippen LogP contribution < -0.4 is 0 Å². The van der Waals surface area contributed by atoms with Crippen molar-refractivity contribution in [3.63, 3.8) is 0 Å². The average molecular weight is 339 g/mol. The minimum absolute atomic E-state index is 0.239. The number of hydrogen-bond acceptors (Lipinski definition) is 0. The van der Waals surface area contributed by atoms with Gasteiger partial charge in [0.1, 0.15) is 0 Å². The maximum absolute atomic E-state index is 2.40. The molecule has 0 unspecified atom stereocenters. The fourth-order valence-electron chi connectivity index (χ4n) is 2.37. The second-order valence-corrected chi connectivity index (χ2v) is 8.64. The second kappa shape index (κ2) is 5.67. The molecular formula is C20H20Se. The molecule has 0 spiro atoms. The minimum atomic E-state index is 0.239. The van der Waals surface area contributed by atoms with Crippen LogP contribution in [0.25, 0.3) is 16.6 Å². The van der Waals surface area contributed by atoms with E-state index in [2.05, 4.69) is 87.5 Å². The van der Waals surface area contributed by atoms with Gasteiger partial charge in [-0.25, -0.2) is 0 Å². The van der Waals surface area contributed by atoms with Crippen LogP contribution in [0.4, 0.5) is 0 Å².